The molecular formula is C11H13BrN4OS. The van der Waals surface area contributed by atoms with Crippen LogP contribution >= 0.6 is 27.7 Å². The molecule has 1 aliphatic carbocycles. The molecule has 0 bridgehead atoms. The minimum Gasteiger partial charge on any atom is -0.453 e. The quantitative estimate of drug-likeness (QED) is 0.854. The molecule has 2 N–H and O–H groups in total. The van der Waals surface area contributed by atoms with Gasteiger partial charge < -0.3 is 14.7 Å². The predicted molar refractivity (Wildman–Crippen MR) is 72.2 cm³/mol. The first-order chi connectivity index (χ1) is 8.78. The zero-order chi connectivity index (χ0) is 12.5. The highest BCUT2D eigenvalue weighted by molar-refractivity contribution is 9.10. The molecule has 3 rings (SSSR count). The molecule has 18 heavy (non-hydrogen) atoms. The van der Waals surface area contributed by atoms with Crippen molar-refractivity contribution in [2.24, 2.45) is 5.73 Å². The first-order valence-corrected chi connectivity index (χ1v) is 7.56. The van der Waals surface area contributed by atoms with E-state index >= 15 is 0 Å². The maximum absolute atomic E-state index is 5.68. The van der Waals surface area contributed by atoms with Crippen LogP contribution in [0.3, 0.4) is 0 Å². The van der Waals surface area contributed by atoms with Gasteiger partial charge in [0, 0.05) is 6.04 Å². The van der Waals surface area contributed by atoms with E-state index < -0.39 is 0 Å². The van der Waals surface area contributed by atoms with E-state index in [-0.39, 0.29) is 0 Å². The number of furan rings is 1. The van der Waals surface area contributed by atoms with Crippen LogP contribution < -0.4 is 5.73 Å². The van der Waals surface area contributed by atoms with Crippen LogP contribution in [0.5, 0.6) is 0 Å². The molecular weight excluding hydrogens is 316 g/mol. The lowest BCUT2D eigenvalue weighted by molar-refractivity contribution is 0.506. The molecule has 1 saturated carbocycles. The van der Waals surface area contributed by atoms with Crippen LogP contribution in [0.1, 0.15) is 30.5 Å². The fraction of sp³-hybridized carbons (Fsp3) is 0.455. The van der Waals surface area contributed by atoms with Gasteiger partial charge in [0.05, 0.1) is 12.3 Å². The van der Waals surface area contributed by atoms with Gasteiger partial charge in [-0.3, -0.25) is 0 Å². The van der Waals surface area contributed by atoms with Crippen molar-refractivity contribution in [1.82, 2.24) is 14.8 Å². The molecule has 0 unspecified atom stereocenters. The fourth-order valence-electron chi connectivity index (χ4n) is 1.81. The first kappa shape index (κ1) is 12.3. The average Bonchev–Trinajstić information content (AvgIpc) is 2.99. The molecule has 96 valence electrons. The Kier molecular flexibility index (Phi) is 3.45. The molecule has 1 aliphatic rings. The summed E-state index contributed by atoms with van der Waals surface area (Å²) in [6.45, 7) is 0.441. The minimum atomic E-state index is 0.441. The number of thioether (sulfide) groups is 1. The second-order valence-electron chi connectivity index (χ2n) is 4.20. The Morgan fingerprint density at radius 1 is 1.44 bits per heavy atom. The van der Waals surface area contributed by atoms with E-state index in [2.05, 4.69) is 30.7 Å². The molecule has 0 atom stereocenters. The number of aromatic nitrogens is 3. The van der Waals surface area contributed by atoms with Crippen molar-refractivity contribution >= 4 is 27.7 Å². The molecule has 0 aromatic carbocycles. The summed E-state index contributed by atoms with van der Waals surface area (Å²) < 4.78 is 8.39. The fourth-order valence-corrected chi connectivity index (χ4v) is 3.07. The van der Waals surface area contributed by atoms with Crippen molar-refractivity contribution in [3.05, 3.63) is 28.4 Å². The van der Waals surface area contributed by atoms with E-state index in [0.717, 1.165) is 27.2 Å². The van der Waals surface area contributed by atoms with Crippen LogP contribution in [0.25, 0.3) is 0 Å². The Bertz CT molecular complexity index is 549. The molecule has 0 spiro atoms. The lowest BCUT2D eigenvalue weighted by Gasteiger charge is -2.06. The van der Waals surface area contributed by atoms with Crippen molar-refractivity contribution in [2.75, 3.05) is 0 Å². The molecule has 0 amide bonds. The van der Waals surface area contributed by atoms with E-state index in [1.54, 1.807) is 11.8 Å². The zero-order valence-corrected chi connectivity index (χ0v) is 12.1. The van der Waals surface area contributed by atoms with Gasteiger partial charge >= 0.3 is 0 Å². The van der Waals surface area contributed by atoms with Crippen LogP contribution in [0.15, 0.2) is 26.4 Å². The van der Waals surface area contributed by atoms with Crippen molar-refractivity contribution in [2.45, 2.75) is 36.3 Å². The van der Waals surface area contributed by atoms with E-state index in [1.165, 1.54) is 12.8 Å². The van der Waals surface area contributed by atoms with Crippen LogP contribution in [-0.2, 0) is 12.3 Å². The van der Waals surface area contributed by atoms with E-state index in [4.69, 9.17) is 10.2 Å². The van der Waals surface area contributed by atoms with Gasteiger partial charge in [0.1, 0.15) is 11.6 Å². The van der Waals surface area contributed by atoms with Gasteiger partial charge in [-0.05, 0) is 40.9 Å². The van der Waals surface area contributed by atoms with Gasteiger partial charge in [-0.25, -0.2) is 0 Å². The SMILES string of the molecule is NCc1nnc(SCc2ccc(Br)o2)n1C1CC1. The Labute approximate surface area is 117 Å². The lowest BCUT2D eigenvalue weighted by atomic mass is 10.5. The van der Waals surface area contributed by atoms with E-state index in [0.29, 0.717) is 12.6 Å². The summed E-state index contributed by atoms with van der Waals surface area (Å²) in [5.41, 5.74) is 5.68. The molecule has 0 aliphatic heterocycles. The maximum Gasteiger partial charge on any atom is 0.191 e. The predicted octanol–water partition coefficient (Wildman–Crippen LogP) is 2.72. The Morgan fingerprint density at radius 2 is 2.28 bits per heavy atom. The second kappa shape index (κ2) is 5.07. The summed E-state index contributed by atoms with van der Waals surface area (Å²) in [6, 6.07) is 4.40. The highest BCUT2D eigenvalue weighted by Gasteiger charge is 2.29. The monoisotopic (exact) mass is 328 g/mol. The summed E-state index contributed by atoms with van der Waals surface area (Å²) in [6.07, 6.45) is 2.40. The third kappa shape index (κ3) is 2.48. The number of rotatable bonds is 5. The molecule has 0 radical (unpaired) electrons. The largest absolute Gasteiger partial charge is 0.453 e. The maximum atomic E-state index is 5.68. The topological polar surface area (TPSA) is 69.9 Å². The molecule has 2 aromatic heterocycles. The molecule has 7 heteroatoms. The molecule has 5 nitrogen and oxygen atoms in total. The van der Waals surface area contributed by atoms with Gasteiger partial charge in [-0.2, -0.15) is 0 Å². The number of halogens is 1. The van der Waals surface area contributed by atoms with Crippen molar-refractivity contribution < 1.29 is 4.42 Å². The van der Waals surface area contributed by atoms with Crippen LogP contribution in [-0.4, -0.2) is 14.8 Å². The zero-order valence-electron chi connectivity index (χ0n) is 9.67. The molecule has 2 heterocycles. The van der Waals surface area contributed by atoms with Gasteiger partial charge in [0.15, 0.2) is 9.83 Å². The van der Waals surface area contributed by atoms with Crippen molar-refractivity contribution in [3.63, 3.8) is 0 Å². The van der Waals surface area contributed by atoms with Crippen LogP contribution in [0.4, 0.5) is 0 Å². The van der Waals surface area contributed by atoms with Crippen molar-refractivity contribution in [3.8, 4) is 0 Å². The smallest absolute Gasteiger partial charge is 0.191 e. The van der Waals surface area contributed by atoms with E-state index in [9.17, 15) is 0 Å². The molecule has 0 saturated heterocycles. The highest BCUT2D eigenvalue weighted by atomic mass is 79.9. The van der Waals surface area contributed by atoms with E-state index in [1.807, 2.05) is 12.1 Å². The van der Waals surface area contributed by atoms with Gasteiger partial charge in [0.2, 0.25) is 0 Å². The number of hydrogen-bond donors (Lipinski definition) is 1. The molecule has 2 aromatic rings. The third-order valence-corrected chi connectivity index (χ3v) is 4.19. The van der Waals surface area contributed by atoms with Crippen molar-refractivity contribution in [1.29, 1.82) is 0 Å². The first-order valence-electron chi connectivity index (χ1n) is 5.79. The van der Waals surface area contributed by atoms with Gasteiger partial charge in [-0.1, -0.05) is 11.8 Å². The summed E-state index contributed by atoms with van der Waals surface area (Å²) in [5.74, 6) is 2.55. The summed E-state index contributed by atoms with van der Waals surface area (Å²) >= 11 is 4.93. The number of nitrogens with two attached hydrogens (primary N) is 1. The van der Waals surface area contributed by atoms with Gasteiger partial charge in [-0.15, -0.1) is 10.2 Å². The standard InChI is InChI=1S/C11H13BrN4OS/c12-9-4-3-8(17-9)6-18-11-15-14-10(5-13)16(11)7-1-2-7/h3-4,7H,1-2,5-6,13H2. The van der Waals surface area contributed by atoms with Crippen LogP contribution in [0, 0.1) is 0 Å². The molecule has 1 fully saturated rings. The lowest BCUT2D eigenvalue weighted by Crippen LogP contribution is -2.07. The third-order valence-electron chi connectivity index (χ3n) is 2.80. The summed E-state index contributed by atoms with van der Waals surface area (Å²) in [4.78, 5) is 0. The number of nitrogens with zero attached hydrogens (tertiary/aromatic N) is 3. The normalized spacial score (nSPS) is 15.2. The number of hydrogen-bond acceptors (Lipinski definition) is 5. The summed E-state index contributed by atoms with van der Waals surface area (Å²) in [5, 5.41) is 9.29. The highest BCUT2D eigenvalue weighted by Crippen LogP contribution is 2.39. The second-order valence-corrected chi connectivity index (χ2v) is 5.92. The Balaban J connectivity index is 1.74. The minimum absolute atomic E-state index is 0.441. The Hall–Kier alpha value is -0.790. The van der Waals surface area contributed by atoms with Crippen LogP contribution in [0.2, 0.25) is 0 Å². The average molecular weight is 329 g/mol. The van der Waals surface area contributed by atoms with Gasteiger partial charge in [0.25, 0.3) is 0 Å². The summed E-state index contributed by atoms with van der Waals surface area (Å²) in [7, 11) is 0. The Morgan fingerprint density at radius 3 is 2.89 bits per heavy atom.